The summed E-state index contributed by atoms with van der Waals surface area (Å²) in [6, 6.07) is 0. The third-order valence-electron chi connectivity index (χ3n) is 3.68. The van der Waals surface area contributed by atoms with Crippen LogP contribution in [-0.4, -0.2) is 38.2 Å². The molecule has 0 aliphatic carbocycles. The summed E-state index contributed by atoms with van der Waals surface area (Å²) in [4.78, 5) is 0. The molecular weight excluding hydrogens is 284 g/mol. The van der Waals surface area contributed by atoms with Gasteiger partial charge in [-0.05, 0) is 37.0 Å². The van der Waals surface area contributed by atoms with Crippen LogP contribution in [-0.2, 0) is 10.2 Å². The summed E-state index contributed by atoms with van der Waals surface area (Å²) >= 11 is 5.69. The molecule has 0 spiro atoms. The first kappa shape index (κ1) is 17.2. The number of piperidine rings is 1. The number of nitrogens with one attached hydrogen (secondary N) is 1. The van der Waals surface area contributed by atoms with Gasteiger partial charge in [-0.1, -0.05) is 20.8 Å². The average Bonchev–Trinajstić information content (AvgIpc) is 2.34. The number of rotatable bonds is 7. The van der Waals surface area contributed by atoms with Crippen LogP contribution in [0.1, 0.15) is 46.5 Å². The first-order valence-corrected chi connectivity index (χ1v) is 9.05. The van der Waals surface area contributed by atoms with Crippen LogP contribution in [0.5, 0.6) is 0 Å². The lowest BCUT2D eigenvalue weighted by molar-refractivity contribution is 0.272. The number of alkyl halides is 1. The summed E-state index contributed by atoms with van der Waals surface area (Å²) in [5, 5.41) is 0. The third-order valence-corrected chi connectivity index (χ3v) is 5.47. The van der Waals surface area contributed by atoms with Crippen molar-refractivity contribution in [2.75, 3.05) is 25.5 Å². The molecular formula is C13H27ClN2O2S. The van der Waals surface area contributed by atoms with Crippen molar-refractivity contribution in [1.29, 1.82) is 0 Å². The van der Waals surface area contributed by atoms with E-state index in [0.29, 0.717) is 31.4 Å². The van der Waals surface area contributed by atoms with E-state index in [1.165, 1.54) is 0 Å². The van der Waals surface area contributed by atoms with Gasteiger partial charge in [0, 0.05) is 25.5 Å². The second kappa shape index (κ2) is 7.25. The van der Waals surface area contributed by atoms with Crippen molar-refractivity contribution in [2.45, 2.75) is 46.5 Å². The fraction of sp³-hybridized carbons (Fsp3) is 1.00. The maximum Gasteiger partial charge on any atom is 0.279 e. The molecule has 1 N–H and O–H groups in total. The molecule has 0 bridgehead atoms. The Kier molecular flexibility index (Phi) is 6.57. The Hall–Kier alpha value is 0.160. The first-order chi connectivity index (χ1) is 8.77. The van der Waals surface area contributed by atoms with Crippen LogP contribution >= 0.6 is 11.6 Å². The number of halogens is 1. The highest BCUT2D eigenvalue weighted by atomic mass is 35.5. The maximum atomic E-state index is 12.2. The summed E-state index contributed by atoms with van der Waals surface area (Å²) in [6.45, 7) is 7.99. The zero-order valence-corrected chi connectivity index (χ0v) is 13.9. The van der Waals surface area contributed by atoms with Crippen molar-refractivity contribution in [3.63, 3.8) is 0 Å². The van der Waals surface area contributed by atoms with Crippen molar-refractivity contribution >= 4 is 21.8 Å². The summed E-state index contributed by atoms with van der Waals surface area (Å²) in [5.74, 6) is 1.08. The van der Waals surface area contributed by atoms with E-state index in [9.17, 15) is 8.42 Å². The zero-order chi connectivity index (χ0) is 14.5. The highest BCUT2D eigenvalue weighted by molar-refractivity contribution is 7.87. The molecule has 1 aliphatic rings. The fourth-order valence-electron chi connectivity index (χ4n) is 2.38. The van der Waals surface area contributed by atoms with Crippen molar-refractivity contribution in [1.82, 2.24) is 9.03 Å². The highest BCUT2D eigenvalue weighted by Gasteiger charge is 2.28. The van der Waals surface area contributed by atoms with Crippen LogP contribution in [0.4, 0.5) is 0 Å². The van der Waals surface area contributed by atoms with Crippen LogP contribution < -0.4 is 4.72 Å². The Morgan fingerprint density at radius 3 is 2.68 bits per heavy atom. The van der Waals surface area contributed by atoms with Crippen LogP contribution in [0.2, 0.25) is 0 Å². The lowest BCUT2D eigenvalue weighted by Crippen LogP contribution is -2.47. The molecule has 0 amide bonds. The van der Waals surface area contributed by atoms with Crippen LogP contribution in [0.3, 0.4) is 0 Å². The minimum Gasteiger partial charge on any atom is -0.202 e. The van der Waals surface area contributed by atoms with Crippen molar-refractivity contribution < 1.29 is 8.42 Å². The van der Waals surface area contributed by atoms with E-state index >= 15 is 0 Å². The molecule has 0 radical (unpaired) electrons. The Balaban J connectivity index is 2.50. The predicted octanol–water partition coefficient (Wildman–Crippen LogP) is 2.60. The first-order valence-electron chi connectivity index (χ1n) is 7.07. The second-order valence-electron chi connectivity index (χ2n) is 6.39. The minimum absolute atomic E-state index is 0.0522. The molecule has 4 nitrogen and oxygen atoms in total. The van der Waals surface area contributed by atoms with Crippen molar-refractivity contribution in [3.05, 3.63) is 0 Å². The lowest BCUT2D eigenvalue weighted by Gasteiger charge is -2.32. The Labute approximate surface area is 123 Å². The van der Waals surface area contributed by atoms with Gasteiger partial charge in [-0.25, -0.2) is 4.72 Å². The van der Waals surface area contributed by atoms with Gasteiger partial charge in [-0.15, -0.1) is 11.6 Å². The van der Waals surface area contributed by atoms with E-state index < -0.39 is 10.2 Å². The van der Waals surface area contributed by atoms with E-state index in [4.69, 9.17) is 11.6 Å². The SMILES string of the molecule is CC1CCCN(S(=O)(=O)NCC(C)(C)CCCCl)C1. The summed E-state index contributed by atoms with van der Waals surface area (Å²) in [6.07, 6.45) is 3.91. The monoisotopic (exact) mass is 310 g/mol. The molecule has 6 heteroatoms. The van der Waals surface area contributed by atoms with Gasteiger partial charge in [-0.3, -0.25) is 0 Å². The summed E-state index contributed by atoms with van der Waals surface area (Å²) in [7, 11) is -3.32. The van der Waals surface area contributed by atoms with Crippen LogP contribution in [0, 0.1) is 11.3 Å². The largest absolute Gasteiger partial charge is 0.279 e. The van der Waals surface area contributed by atoms with Crippen LogP contribution in [0.15, 0.2) is 0 Å². The highest BCUT2D eigenvalue weighted by Crippen LogP contribution is 2.23. The van der Waals surface area contributed by atoms with Gasteiger partial charge in [0.1, 0.15) is 0 Å². The molecule has 1 aliphatic heterocycles. The molecule has 1 fully saturated rings. The Morgan fingerprint density at radius 1 is 1.42 bits per heavy atom. The van der Waals surface area contributed by atoms with Gasteiger partial charge < -0.3 is 0 Å². The van der Waals surface area contributed by atoms with Gasteiger partial charge in [0.2, 0.25) is 0 Å². The molecule has 1 heterocycles. The fourth-order valence-corrected chi connectivity index (χ4v) is 4.09. The van der Waals surface area contributed by atoms with E-state index in [-0.39, 0.29) is 5.41 Å². The Bertz CT molecular complexity index is 371. The van der Waals surface area contributed by atoms with Crippen molar-refractivity contribution in [2.24, 2.45) is 11.3 Å². The van der Waals surface area contributed by atoms with Crippen LogP contribution in [0.25, 0.3) is 0 Å². The van der Waals surface area contributed by atoms with Gasteiger partial charge in [-0.2, -0.15) is 12.7 Å². The maximum absolute atomic E-state index is 12.2. The quantitative estimate of drug-likeness (QED) is 0.735. The Morgan fingerprint density at radius 2 is 2.11 bits per heavy atom. The number of hydrogen-bond donors (Lipinski definition) is 1. The standard InChI is InChI=1S/C13H27ClN2O2S/c1-12-6-4-9-16(10-12)19(17,18)15-11-13(2,3)7-5-8-14/h12,15H,4-11H2,1-3H3. The van der Waals surface area contributed by atoms with Crippen molar-refractivity contribution in [3.8, 4) is 0 Å². The molecule has 1 rings (SSSR count). The zero-order valence-electron chi connectivity index (χ0n) is 12.3. The predicted molar refractivity (Wildman–Crippen MR) is 80.6 cm³/mol. The second-order valence-corrected chi connectivity index (χ2v) is 8.52. The summed E-state index contributed by atoms with van der Waals surface area (Å²) in [5.41, 5.74) is -0.0522. The molecule has 0 aromatic heterocycles. The molecule has 0 saturated carbocycles. The lowest BCUT2D eigenvalue weighted by atomic mass is 9.88. The van der Waals surface area contributed by atoms with Gasteiger partial charge in [0.05, 0.1) is 0 Å². The van der Waals surface area contributed by atoms with E-state index in [2.05, 4.69) is 25.5 Å². The van der Waals surface area contributed by atoms with Gasteiger partial charge in [0.15, 0.2) is 0 Å². The van der Waals surface area contributed by atoms with E-state index in [1.807, 2.05) is 0 Å². The molecule has 1 unspecified atom stereocenters. The summed E-state index contributed by atoms with van der Waals surface area (Å²) < 4.78 is 28.8. The number of hydrogen-bond acceptors (Lipinski definition) is 2. The van der Waals surface area contributed by atoms with Gasteiger partial charge >= 0.3 is 0 Å². The average molecular weight is 311 g/mol. The third kappa shape index (κ3) is 5.98. The molecule has 1 saturated heterocycles. The number of nitrogens with zero attached hydrogens (tertiary/aromatic N) is 1. The van der Waals surface area contributed by atoms with E-state index in [1.54, 1.807) is 4.31 Å². The molecule has 0 aromatic carbocycles. The minimum atomic E-state index is -3.32. The molecule has 0 aromatic rings. The molecule has 114 valence electrons. The molecule has 1 atom stereocenters. The topological polar surface area (TPSA) is 49.4 Å². The normalized spacial score (nSPS) is 22.6. The molecule has 19 heavy (non-hydrogen) atoms. The van der Waals surface area contributed by atoms with E-state index in [0.717, 1.165) is 25.7 Å². The van der Waals surface area contributed by atoms with Gasteiger partial charge in [0.25, 0.3) is 10.2 Å². The smallest absolute Gasteiger partial charge is 0.202 e.